The van der Waals surface area contributed by atoms with Gasteiger partial charge in [-0.1, -0.05) is 12.2 Å². The fourth-order valence-electron chi connectivity index (χ4n) is 1.60. The molecule has 2 heterocycles. The van der Waals surface area contributed by atoms with Crippen molar-refractivity contribution in [1.29, 1.82) is 0 Å². The summed E-state index contributed by atoms with van der Waals surface area (Å²) in [7, 11) is 0. The van der Waals surface area contributed by atoms with Crippen molar-refractivity contribution in [3.8, 4) is 0 Å². The summed E-state index contributed by atoms with van der Waals surface area (Å²) in [5, 5.41) is 10.5. The van der Waals surface area contributed by atoms with Gasteiger partial charge in [-0.2, -0.15) is 0 Å². The molecule has 0 saturated heterocycles. The van der Waals surface area contributed by atoms with Gasteiger partial charge in [-0.25, -0.2) is 0 Å². The standard InChI is InChI=1S/C12H14N6OS/c1-2-18-7-16-17-10(18)6-15-12(19)9-4-3-8(5-14-9)11(13)20/h3-5,7H,2,6H2,1H3,(H2,13,20)(H,15,19). The Balaban J connectivity index is 2.00. The summed E-state index contributed by atoms with van der Waals surface area (Å²) < 4.78 is 1.85. The topological polar surface area (TPSA) is 98.7 Å². The van der Waals surface area contributed by atoms with Crippen molar-refractivity contribution in [2.75, 3.05) is 0 Å². The number of rotatable bonds is 5. The Morgan fingerprint density at radius 1 is 1.50 bits per heavy atom. The maximum Gasteiger partial charge on any atom is 0.270 e. The van der Waals surface area contributed by atoms with Crippen LogP contribution in [0.25, 0.3) is 0 Å². The molecule has 0 aliphatic carbocycles. The first-order chi connectivity index (χ1) is 9.61. The summed E-state index contributed by atoms with van der Waals surface area (Å²) >= 11 is 4.82. The predicted octanol–water partition coefficient (Wildman–Crippen LogP) is 0.257. The van der Waals surface area contributed by atoms with E-state index in [1.807, 2.05) is 11.5 Å². The maximum atomic E-state index is 11.9. The number of hydrogen-bond acceptors (Lipinski definition) is 5. The van der Waals surface area contributed by atoms with E-state index < -0.39 is 0 Å². The van der Waals surface area contributed by atoms with Crippen LogP contribution in [0, 0.1) is 0 Å². The molecule has 0 unspecified atom stereocenters. The molecule has 2 aromatic heterocycles. The first-order valence-electron chi connectivity index (χ1n) is 6.02. The zero-order valence-electron chi connectivity index (χ0n) is 10.9. The smallest absolute Gasteiger partial charge is 0.270 e. The quantitative estimate of drug-likeness (QED) is 0.766. The van der Waals surface area contributed by atoms with Gasteiger partial charge in [0.1, 0.15) is 17.0 Å². The number of hydrogen-bond donors (Lipinski definition) is 2. The van der Waals surface area contributed by atoms with E-state index in [1.165, 1.54) is 6.20 Å². The number of carbonyl (C=O) groups excluding carboxylic acids is 1. The van der Waals surface area contributed by atoms with Crippen molar-refractivity contribution in [3.05, 3.63) is 41.7 Å². The molecular formula is C12H14N6OS. The van der Waals surface area contributed by atoms with E-state index in [0.717, 1.165) is 6.54 Å². The van der Waals surface area contributed by atoms with Crippen LogP contribution < -0.4 is 11.1 Å². The second-order valence-electron chi connectivity index (χ2n) is 4.01. The van der Waals surface area contributed by atoms with Crippen LogP contribution in [0.3, 0.4) is 0 Å². The number of nitrogens with one attached hydrogen (secondary N) is 1. The van der Waals surface area contributed by atoms with E-state index in [9.17, 15) is 4.79 Å². The van der Waals surface area contributed by atoms with Crippen LogP contribution in [0.1, 0.15) is 28.8 Å². The average molecular weight is 290 g/mol. The summed E-state index contributed by atoms with van der Waals surface area (Å²) in [6.45, 7) is 3.02. The normalized spacial score (nSPS) is 10.2. The molecule has 104 valence electrons. The minimum Gasteiger partial charge on any atom is -0.389 e. The first-order valence-corrected chi connectivity index (χ1v) is 6.43. The summed E-state index contributed by atoms with van der Waals surface area (Å²) in [6, 6.07) is 3.24. The number of amides is 1. The van der Waals surface area contributed by atoms with Gasteiger partial charge in [0.05, 0.1) is 6.54 Å². The van der Waals surface area contributed by atoms with Crippen LogP contribution in [0.2, 0.25) is 0 Å². The third kappa shape index (κ3) is 3.15. The van der Waals surface area contributed by atoms with Crippen LogP contribution >= 0.6 is 12.2 Å². The van der Waals surface area contributed by atoms with Crippen molar-refractivity contribution in [2.24, 2.45) is 5.73 Å². The van der Waals surface area contributed by atoms with Crippen LogP contribution in [0.15, 0.2) is 24.7 Å². The third-order valence-corrected chi connectivity index (χ3v) is 2.96. The highest BCUT2D eigenvalue weighted by molar-refractivity contribution is 7.80. The van der Waals surface area contributed by atoms with E-state index in [-0.39, 0.29) is 10.9 Å². The second-order valence-corrected chi connectivity index (χ2v) is 4.45. The lowest BCUT2D eigenvalue weighted by Crippen LogP contribution is -2.25. The average Bonchev–Trinajstić information content (AvgIpc) is 2.92. The Bertz CT molecular complexity index is 621. The van der Waals surface area contributed by atoms with Crippen LogP contribution in [0.5, 0.6) is 0 Å². The highest BCUT2D eigenvalue weighted by atomic mass is 32.1. The number of nitrogens with two attached hydrogens (primary N) is 1. The van der Waals surface area contributed by atoms with E-state index in [1.54, 1.807) is 18.5 Å². The Hall–Kier alpha value is -2.35. The van der Waals surface area contributed by atoms with Gasteiger partial charge in [0.2, 0.25) is 0 Å². The van der Waals surface area contributed by atoms with Crippen LogP contribution in [0.4, 0.5) is 0 Å². The van der Waals surface area contributed by atoms with Crippen molar-refractivity contribution >= 4 is 23.1 Å². The number of aryl methyl sites for hydroxylation is 1. The van der Waals surface area contributed by atoms with Gasteiger partial charge in [0.15, 0.2) is 5.82 Å². The number of nitrogens with zero attached hydrogens (tertiary/aromatic N) is 4. The summed E-state index contributed by atoms with van der Waals surface area (Å²) in [5.41, 5.74) is 6.39. The lowest BCUT2D eigenvalue weighted by Gasteiger charge is -2.06. The lowest BCUT2D eigenvalue weighted by atomic mass is 10.2. The largest absolute Gasteiger partial charge is 0.389 e. The molecule has 0 atom stereocenters. The molecule has 20 heavy (non-hydrogen) atoms. The highest BCUT2D eigenvalue weighted by Crippen LogP contribution is 2.01. The molecular weight excluding hydrogens is 276 g/mol. The van der Waals surface area contributed by atoms with Gasteiger partial charge >= 0.3 is 0 Å². The van der Waals surface area contributed by atoms with Crippen LogP contribution in [-0.2, 0) is 13.1 Å². The van der Waals surface area contributed by atoms with E-state index in [4.69, 9.17) is 18.0 Å². The minimum atomic E-state index is -0.287. The van der Waals surface area contributed by atoms with Gasteiger partial charge < -0.3 is 15.6 Å². The van der Waals surface area contributed by atoms with Crippen LogP contribution in [-0.4, -0.2) is 30.6 Å². The van der Waals surface area contributed by atoms with Gasteiger partial charge in [-0.15, -0.1) is 10.2 Å². The first kappa shape index (κ1) is 14.1. The van der Waals surface area contributed by atoms with Gasteiger partial charge in [-0.3, -0.25) is 9.78 Å². The van der Waals surface area contributed by atoms with Crippen molar-refractivity contribution in [1.82, 2.24) is 25.1 Å². The number of pyridine rings is 1. The summed E-state index contributed by atoms with van der Waals surface area (Å²) in [5.74, 6) is 0.408. The number of carbonyl (C=O) groups is 1. The molecule has 0 aliphatic rings. The Kier molecular flexibility index (Phi) is 4.36. The Morgan fingerprint density at radius 2 is 2.30 bits per heavy atom. The molecule has 0 bridgehead atoms. The van der Waals surface area contributed by atoms with Crippen molar-refractivity contribution in [3.63, 3.8) is 0 Å². The Labute approximate surface area is 121 Å². The molecule has 1 amide bonds. The Morgan fingerprint density at radius 3 is 2.90 bits per heavy atom. The summed E-state index contributed by atoms with van der Waals surface area (Å²) in [6.07, 6.45) is 3.10. The molecule has 2 aromatic rings. The zero-order chi connectivity index (χ0) is 14.5. The molecule has 0 saturated carbocycles. The van der Waals surface area contributed by atoms with E-state index in [2.05, 4.69) is 20.5 Å². The molecule has 0 radical (unpaired) electrons. The molecule has 7 nitrogen and oxygen atoms in total. The monoisotopic (exact) mass is 290 g/mol. The third-order valence-electron chi connectivity index (χ3n) is 2.72. The highest BCUT2D eigenvalue weighted by Gasteiger charge is 2.09. The maximum absolute atomic E-state index is 11.9. The number of thiocarbonyl (C=S) groups is 1. The van der Waals surface area contributed by atoms with Crippen molar-refractivity contribution in [2.45, 2.75) is 20.0 Å². The molecule has 0 aliphatic heterocycles. The minimum absolute atomic E-state index is 0.250. The molecule has 3 N–H and O–H groups in total. The SMILES string of the molecule is CCn1cnnc1CNC(=O)c1ccc(C(N)=S)cn1. The molecule has 2 rings (SSSR count). The lowest BCUT2D eigenvalue weighted by molar-refractivity contribution is 0.0944. The second kappa shape index (κ2) is 6.20. The van der Waals surface area contributed by atoms with Gasteiger partial charge in [-0.05, 0) is 19.1 Å². The number of aromatic nitrogens is 4. The molecule has 8 heteroatoms. The molecule has 0 fully saturated rings. The van der Waals surface area contributed by atoms with Crippen molar-refractivity contribution < 1.29 is 4.79 Å². The van der Waals surface area contributed by atoms with Gasteiger partial charge in [0, 0.05) is 18.3 Å². The fraction of sp³-hybridized carbons (Fsp3) is 0.250. The van der Waals surface area contributed by atoms with E-state index in [0.29, 0.717) is 23.6 Å². The molecule has 0 spiro atoms. The van der Waals surface area contributed by atoms with E-state index >= 15 is 0 Å². The summed E-state index contributed by atoms with van der Waals surface area (Å²) in [4.78, 5) is 16.2. The zero-order valence-corrected chi connectivity index (χ0v) is 11.7. The fourth-order valence-corrected chi connectivity index (χ4v) is 1.72. The molecule has 0 aromatic carbocycles. The van der Waals surface area contributed by atoms with Gasteiger partial charge in [0.25, 0.3) is 5.91 Å². The predicted molar refractivity (Wildman–Crippen MR) is 77.0 cm³/mol.